The fourth-order valence-electron chi connectivity index (χ4n) is 2.28. The molecule has 0 fully saturated rings. The van der Waals surface area contributed by atoms with Gasteiger partial charge in [0.15, 0.2) is 0 Å². The fourth-order valence-corrected chi connectivity index (χ4v) is 2.28. The number of carbonyl (C=O) groups is 1. The SMILES string of the molecule is CC(C)CCC(C)NC(=O)c1ccc(Oc2ccc(F)cc2)cc1. The summed E-state index contributed by atoms with van der Waals surface area (Å²) in [6, 6.07) is 12.9. The highest BCUT2D eigenvalue weighted by atomic mass is 19.1. The maximum Gasteiger partial charge on any atom is 0.251 e. The summed E-state index contributed by atoms with van der Waals surface area (Å²) in [6.07, 6.45) is 2.06. The van der Waals surface area contributed by atoms with Crippen LogP contribution in [0.25, 0.3) is 0 Å². The summed E-state index contributed by atoms with van der Waals surface area (Å²) in [4.78, 5) is 12.2. The van der Waals surface area contributed by atoms with Crippen molar-refractivity contribution in [2.75, 3.05) is 0 Å². The highest BCUT2D eigenvalue weighted by Gasteiger charge is 2.10. The van der Waals surface area contributed by atoms with Gasteiger partial charge in [-0.25, -0.2) is 4.39 Å². The highest BCUT2D eigenvalue weighted by Crippen LogP contribution is 2.22. The lowest BCUT2D eigenvalue weighted by Crippen LogP contribution is -2.32. The number of benzene rings is 2. The van der Waals surface area contributed by atoms with E-state index in [0.29, 0.717) is 23.0 Å². The van der Waals surface area contributed by atoms with Crippen molar-refractivity contribution in [2.24, 2.45) is 5.92 Å². The van der Waals surface area contributed by atoms with E-state index in [1.54, 1.807) is 36.4 Å². The standard InChI is InChI=1S/C20H24FNO2/c1-14(2)4-5-15(3)22-20(23)16-6-10-18(11-7-16)24-19-12-8-17(21)9-13-19/h6-15H,4-5H2,1-3H3,(H,22,23). The Bertz CT molecular complexity index is 650. The molecule has 2 aromatic rings. The van der Waals surface area contributed by atoms with Gasteiger partial charge in [-0.05, 0) is 74.2 Å². The van der Waals surface area contributed by atoms with E-state index in [0.717, 1.165) is 12.8 Å². The van der Waals surface area contributed by atoms with Crippen molar-refractivity contribution in [1.82, 2.24) is 5.32 Å². The monoisotopic (exact) mass is 329 g/mol. The molecule has 1 atom stereocenters. The molecule has 0 bridgehead atoms. The largest absolute Gasteiger partial charge is 0.457 e. The van der Waals surface area contributed by atoms with Crippen molar-refractivity contribution >= 4 is 5.91 Å². The molecule has 0 aromatic heterocycles. The third-order valence-electron chi connectivity index (χ3n) is 3.72. The van der Waals surface area contributed by atoms with E-state index < -0.39 is 0 Å². The number of amides is 1. The second-order valence-electron chi connectivity index (χ2n) is 6.43. The molecular formula is C20H24FNO2. The van der Waals surface area contributed by atoms with E-state index in [9.17, 15) is 9.18 Å². The van der Waals surface area contributed by atoms with Crippen LogP contribution in [0.4, 0.5) is 4.39 Å². The third-order valence-corrected chi connectivity index (χ3v) is 3.72. The molecule has 1 N–H and O–H groups in total. The van der Waals surface area contributed by atoms with Gasteiger partial charge in [0.1, 0.15) is 17.3 Å². The Labute approximate surface area is 142 Å². The van der Waals surface area contributed by atoms with Crippen LogP contribution >= 0.6 is 0 Å². The molecule has 1 unspecified atom stereocenters. The Balaban J connectivity index is 1.91. The molecule has 0 heterocycles. The maximum absolute atomic E-state index is 12.9. The summed E-state index contributed by atoms with van der Waals surface area (Å²) in [7, 11) is 0. The van der Waals surface area contributed by atoms with Crippen LogP contribution in [0.1, 0.15) is 44.0 Å². The lowest BCUT2D eigenvalue weighted by molar-refractivity contribution is 0.0937. The molecule has 0 aliphatic rings. The minimum Gasteiger partial charge on any atom is -0.457 e. The van der Waals surface area contributed by atoms with Gasteiger partial charge in [0.2, 0.25) is 0 Å². The van der Waals surface area contributed by atoms with Crippen LogP contribution in [-0.4, -0.2) is 11.9 Å². The summed E-state index contributed by atoms with van der Waals surface area (Å²) in [5, 5.41) is 3.01. The lowest BCUT2D eigenvalue weighted by Gasteiger charge is -2.15. The number of halogens is 1. The van der Waals surface area contributed by atoms with Crippen LogP contribution in [0.2, 0.25) is 0 Å². The zero-order chi connectivity index (χ0) is 17.5. The van der Waals surface area contributed by atoms with Crippen molar-refractivity contribution < 1.29 is 13.9 Å². The second-order valence-corrected chi connectivity index (χ2v) is 6.43. The molecule has 24 heavy (non-hydrogen) atoms. The van der Waals surface area contributed by atoms with Gasteiger partial charge in [-0.2, -0.15) is 0 Å². The van der Waals surface area contributed by atoms with Crippen LogP contribution in [0.5, 0.6) is 11.5 Å². The van der Waals surface area contributed by atoms with Crippen LogP contribution in [0.3, 0.4) is 0 Å². The predicted octanol–water partition coefficient (Wildman–Crippen LogP) is 5.17. The van der Waals surface area contributed by atoms with E-state index in [2.05, 4.69) is 19.2 Å². The first kappa shape index (κ1) is 18.0. The van der Waals surface area contributed by atoms with Gasteiger partial charge in [0.25, 0.3) is 5.91 Å². The number of ether oxygens (including phenoxy) is 1. The first-order valence-electron chi connectivity index (χ1n) is 8.28. The van der Waals surface area contributed by atoms with Crippen LogP contribution < -0.4 is 10.1 Å². The predicted molar refractivity (Wildman–Crippen MR) is 93.9 cm³/mol. The molecule has 1 amide bonds. The molecule has 2 rings (SSSR count). The van der Waals surface area contributed by atoms with Gasteiger partial charge in [-0.15, -0.1) is 0 Å². The van der Waals surface area contributed by atoms with Crippen molar-refractivity contribution in [1.29, 1.82) is 0 Å². The fraction of sp³-hybridized carbons (Fsp3) is 0.350. The summed E-state index contributed by atoms with van der Waals surface area (Å²) >= 11 is 0. The minimum atomic E-state index is -0.305. The number of nitrogens with one attached hydrogen (secondary N) is 1. The summed E-state index contributed by atoms with van der Waals surface area (Å²) in [5.74, 6) is 1.40. The normalized spacial score (nSPS) is 12.0. The number of rotatable bonds is 7. The number of hydrogen-bond donors (Lipinski definition) is 1. The van der Waals surface area contributed by atoms with Crippen molar-refractivity contribution in [3.8, 4) is 11.5 Å². The van der Waals surface area contributed by atoms with Crippen molar-refractivity contribution in [3.05, 3.63) is 59.9 Å². The Morgan fingerprint density at radius 1 is 0.958 bits per heavy atom. The van der Waals surface area contributed by atoms with Gasteiger partial charge in [-0.1, -0.05) is 13.8 Å². The Hall–Kier alpha value is -2.36. The van der Waals surface area contributed by atoms with Crippen molar-refractivity contribution in [3.63, 3.8) is 0 Å². The molecule has 0 saturated carbocycles. The van der Waals surface area contributed by atoms with Crippen LogP contribution in [0.15, 0.2) is 48.5 Å². The average molecular weight is 329 g/mol. The number of carbonyl (C=O) groups excluding carboxylic acids is 1. The van der Waals surface area contributed by atoms with Crippen molar-refractivity contribution in [2.45, 2.75) is 39.7 Å². The first-order chi connectivity index (χ1) is 11.4. The topological polar surface area (TPSA) is 38.3 Å². The van der Waals surface area contributed by atoms with Gasteiger partial charge in [0, 0.05) is 11.6 Å². The maximum atomic E-state index is 12.9. The third kappa shape index (κ3) is 5.69. The Morgan fingerprint density at radius 3 is 2.04 bits per heavy atom. The highest BCUT2D eigenvalue weighted by molar-refractivity contribution is 5.94. The zero-order valence-electron chi connectivity index (χ0n) is 14.4. The Morgan fingerprint density at radius 2 is 1.50 bits per heavy atom. The van der Waals surface area contributed by atoms with E-state index in [-0.39, 0.29) is 17.8 Å². The molecule has 2 aromatic carbocycles. The second kappa shape index (κ2) is 8.48. The molecule has 0 saturated heterocycles. The van der Waals surface area contributed by atoms with Crippen LogP contribution in [-0.2, 0) is 0 Å². The molecular weight excluding hydrogens is 305 g/mol. The van der Waals surface area contributed by atoms with Gasteiger partial charge >= 0.3 is 0 Å². The first-order valence-corrected chi connectivity index (χ1v) is 8.28. The molecule has 0 aliphatic heterocycles. The van der Waals surface area contributed by atoms with Gasteiger partial charge in [0.05, 0.1) is 0 Å². The number of hydrogen-bond acceptors (Lipinski definition) is 2. The van der Waals surface area contributed by atoms with E-state index in [4.69, 9.17) is 4.74 Å². The molecule has 128 valence electrons. The lowest BCUT2D eigenvalue weighted by atomic mass is 10.0. The molecule has 0 radical (unpaired) electrons. The molecule has 0 aliphatic carbocycles. The van der Waals surface area contributed by atoms with Crippen LogP contribution in [0, 0.1) is 11.7 Å². The average Bonchev–Trinajstić information content (AvgIpc) is 2.55. The summed E-state index contributed by atoms with van der Waals surface area (Å²) in [6.45, 7) is 6.37. The summed E-state index contributed by atoms with van der Waals surface area (Å²) < 4.78 is 18.5. The van der Waals surface area contributed by atoms with Gasteiger partial charge in [-0.3, -0.25) is 4.79 Å². The summed E-state index contributed by atoms with van der Waals surface area (Å²) in [5.41, 5.74) is 0.595. The van der Waals surface area contributed by atoms with Gasteiger partial charge < -0.3 is 10.1 Å². The quantitative estimate of drug-likeness (QED) is 0.761. The molecule has 3 nitrogen and oxygen atoms in total. The smallest absolute Gasteiger partial charge is 0.251 e. The van der Waals surface area contributed by atoms with E-state index in [1.165, 1.54) is 12.1 Å². The molecule has 0 spiro atoms. The van der Waals surface area contributed by atoms with E-state index >= 15 is 0 Å². The zero-order valence-corrected chi connectivity index (χ0v) is 14.4. The van der Waals surface area contributed by atoms with E-state index in [1.807, 2.05) is 6.92 Å². The Kier molecular flexibility index (Phi) is 6.36. The minimum absolute atomic E-state index is 0.0837. The molecule has 4 heteroatoms.